The molecule has 3 nitrogen and oxygen atoms in total. The maximum atomic E-state index is 13.6. The van der Waals surface area contributed by atoms with E-state index in [2.05, 4.69) is 0 Å². The Morgan fingerprint density at radius 1 is 1.38 bits per heavy atom. The maximum Gasteiger partial charge on any atom is 0.131 e. The van der Waals surface area contributed by atoms with Crippen molar-refractivity contribution in [3.63, 3.8) is 0 Å². The van der Waals surface area contributed by atoms with Gasteiger partial charge in [0.2, 0.25) is 0 Å². The lowest BCUT2D eigenvalue weighted by Gasteiger charge is -2.22. The molecule has 0 amide bonds. The van der Waals surface area contributed by atoms with Crippen molar-refractivity contribution in [1.82, 2.24) is 0 Å². The lowest BCUT2D eigenvalue weighted by Crippen LogP contribution is -2.31. The zero-order valence-electron chi connectivity index (χ0n) is 9.77. The van der Waals surface area contributed by atoms with Crippen molar-refractivity contribution < 1.29 is 14.2 Å². The van der Waals surface area contributed by atoms with Crippen molar-refractivity contribution in [3.8, 4) is 5.75 Å². The summed E-state index contributed by atoms with van der Waals surface area (Å²) in [6.45, 7) is 3.68. The highest BCUT2D eigenvalue weighted by Crippen LogP contribution is 2.25. The summed E-state index contributed by atoms with van der Waals surface area (Å²) in [6, 6.07) is 3.73. The number of hydrogen-bond acceptors (Lipinski definition) is 3. The first-order valence-corrected chi connectivity index (χ1v) is 5.24. The minimum Gasteiger partial charge on any atom is -0.497 e. The molecule has 3 N–H and O–H groups in total. The van der Waals surface area contributed by atoms with Crippen LogP contribution in [-0.2, 0) is 0 Å². The molecule has 4 heteroatoms. The van der Waals surface area contributed by atoms with Crippen LogP contribution >= 0.6 is 0 Å². The molecule has 0 heterocycles. The van der Waals surface area contributed by atoms with E-state index in [0.717, 1.165) is 0 Å². The summed E-state index contributed by atoms with van der Waals surface area (Å²) in [4.78, 5) is 0. The van der Waals surface area contributed by atoms with Crippen LogP contribution in [0.25, 0.3) is 0 Å². The zero-order valence-corrected chi connectivity index (χ0v) is 9.77. The number of halogens is 1. The Hall–Kier alpha value is -1.13. The zero-order chi connectivity index (χ0) is 12.3. The van der Waals surface area contributed by atoms with Crippen molar-refractivity contribution >= 4 is 0 Å². The second kappa shape index (κ2) is 5.27. The fourth-order valence-electron chi connectivity index (χ4n) is 1.50. The fourth-order valence-corrected chi connectivity index (χ4v) is 1.50. The molecular weight excluding hydrogens is 209 g/mol. The number of ether oxygens (including phenoxy) is 1. The molecule has 0 spiro atoms. The van der Waals surface area contributed by atoms with Crippen LogP contribution < -0.4 is 10.5 Å². The molecule has 0 unspecified atom stereocenters. The standard InChI is InChI=1S/C12H18FNO2/c1-7(2)12(15)11(14)9-5-4-8(16-3)6-10(9)13/h4-7,11-12,15H,14H2,1-3H3/t11-,12+/m0/s1. The van der Waals surface area contributed by atoms with Gasteiger partial charge in [0.05, 0.1) is 19.3 Å². The Morgan fingerprint density at radius 3 is 2.44 bits per heavy atom. The molecule has 16 heavy (non-hydrogen) atoms. The number of aliphatic hydroxyl groups is 1. The molecule has 0 aliphatic rings. The van der Waals surface area contributed by atoms with Gasteiger partial charge in [-0.05, 0) is 12.0 Å². The van der Waals surface area contributed by atoms with Crippen LogP contribution in [0.1, 0.15) is 25.5 Å². The monoisotopic (exact) mass is 227 g/mol. The highest BCUT2D eigenvalue weighted by Gasteiger charge is 2.22. The predicted molar refractivity (Wildman–Crippen MR) is 60.7 cm³/mol. The van der Waals surface area contributed by atoms with E-state index in [4.69, 9.17) is 10.5 Å². The van der Waals surface area contributed by atoms with E-state index in [0.29, 0.717) is 11.3 Å². The van der Waals surface area contributed by atoms with Crippen LogP contribution in [0.5, 0.6) is 5.75 Å². The van der Waals surface area contributed by atoms with Gasteiger partial charge in [-0.15, -0.1) is 0 Å². The van der Waals surface area contributed by atoms with Gasteiger partial charge in [-0.2, -0.15) is 0 Å². The molecule has 0 aliphatic heterocycles. The van der Waals surface area contributed by atoms with Crippen molar-refractivity contribution in [3.05, 3.63) is 29.6 Å². The summed E-state index contributed by atoms with van der Waals surface area (Å²) < 4.78 is 18.5. The van der Waals surface area contributed by atoms with E-state index >= 15 is 0 Å². The van der Waals surface area contributed by atoms with Gasteiger partial charge in [0.15, 0.2) is 0 Å². The summed E-state index contributed by atoms with van der Waals surface area (Å²) in [5, 5.41) is 9.78. The third-order valence-corrected chi connectivity index (χ3v) is 2.62. The normalized spacial score (nSPS) is 14.9. The van der Waals surface area contributed by atoms with Gasteiger partial charge in [-0.25, -0.2) is 4.39 Å². The molecule has 0 fully saturated rings. The molecule has 2 atom stereocenters. The third kappa shape index (κ3) is 2.71. The van der Waals surface area contributed by atoms with Crippen molar-refractivity contribution in [1.29, 1.82) is 0 Å². The van der Waals surface area contributed by atoms with Gasteiger partial charge in [-0.3, -0.25) is 0 Å². The number of benzene rings is 1. The van der Waals surface area contributed by atoms with Crippen LogP contribution in [0, 0.1) is 11.7 Å². The number of methoxy groups -OCH3 is 1. The van der Waals surface area contributed by atoms with Crippen LogP contribution in [0.15, 0.2) is 18.2 Å². The Kier molecular flexibility index (Phi) is 4.26. The molecule has 0 saturated heterocycles. The van der Waals surface area contributed by atoms with E-state index in [1.54, 1.807) is 12.1 Å². The van der Waals surface area contributed by atoms with Crippen LogP contribution in [-0.4, -0.2) is 18.3 Å². The van der Waals surface area contributed by atoms with Crippen molar-refractivity contribution in [2.24, 2.45) is 11.7 Å². The Bertz CT molecular complexity index is 355. The highest BCUT2D eigenvalue weighted by molar-refractivity contribution is 5.31. The van der Waals surface area contributed by atoms with E-state index in [1.807, 2.05) is 13.8 Å². The topological polar surface area (TPSA) is 55.5 Å². The first-order chi connectivity index (χ1) is 7.47. The average molecular weight is 227 g/mol. The molecular formula is C12H18FNO2. The lowest BCUT2D eigenvalue weighted by atomic mass is 9.94. The lowest BCUT2D eigenvalue weighted by molar-refractivity contribution is 0.0966. The minimum absolute atomic E-state index is 0.0171. The minimum atomic E-state index is -0.761. The predicted octanol–water partition coefficient (Wildman–Crippen LogP) is 1.85. The quantitative estimate of drug-likeness (QED) is 0.825. The van der Waals surface area contributed by atoms with E-state index in [9.17, 15) is 9.50 Å². The Morgan fingerprint density at radius 2 is 2.00 bits per heavy atom. The van der Waals surface area contributed by atoms with Gasteiger partial charge in [0, 0.05) is 11.6 Å². The Labute approximate surface area is 95.0 Å². The highest BCUT2D eigenvalue weighted by atomic mass is 19.1. The summed E-state index contributed by atoms with van der Waals surface area (Å²) in [5.41, 5.74) is 6.11. The number of nitrogens with two attached hydrogens (primary N) is 1. The molecule has 1 rings (SSSR count). The maximum absolute atomic E-state index is 13.6. The van der Waals surface area contributed by atoms with Crippen LogP contribution in [0.2, 0.25) is 0 Å². The van der Waals surface area contributed by atoms with E-state index in [-0.39, 0.29) is 5.92 Å². The molecule has 0 saturated carbocycles. The van der Waals surface area contributed by atoms with E-state index < -0.39 is 18.0 Å². The number of aliphatic hydroxyl groups excluding tert-OH is 1. The molecule has 1 aromatic rings. The summed E-state index contributed by atoms with van der Waals surface area (Å²) in [5.74, 6) is -0.0319. The smallest absolute Gasteiger partial charge is 0.131 e. The summed E-state index contributed by atoms with van der Waals surface area (Å²) in [7, 11) is 1.47. The van der Waals surface area contributed by atoms with Crippen LogP contribution in [0.3, 0.4) is 0 Å². The fraction of sp³-hybridized carbons (Fsp3) is 0.500. The molecule has 0 aromatic heterocycles. The van der Waals surface area contributed by atoms with Crippen molar-refractivity contribution in [2.75, 3.05) is 7.11 Å². The SMILES string of the molecule is COc1ccc([C@H](N)[C@H](O)C(C)C)c(F)c1. The first kappa shape index (κ1) is 12.9. The second-order valence-electron chi connectivity index (χ2n) is 4.15. The third-order valence-electron chi connectivity index (χ3n) is 2.62. The van der Waals surface area contributed by atoms with Gasteiger partial charge < -0.3 is 15.6 Å². The largest absolute Gasteiger partial charge is 0.497 e. The van der Waals surface area contributed by atoms with Crippen LogP contribution in [0.4, 0.5) is 4.39 Å². The number of hydrogen-bond donors (Lipinski definition) is 2. The molecule has 1 aromatic carbocycles. The molecule has 0 bridgehead atoms. The first-order valence-electron chi connectivity index (χ1n) is 5.24. The molecule has 0 aliphatic carbocycles. The summed E-state index contributed by atoms with van der Waals surface area (Å²) >= 11 is 0. The number of rotatable bonds is 4. The molecule has 0 radical (unpaired) electrons. The molecule has 90 valence electrons. The van der Waals surface area contributed by atoms with Gasteiger partial charge in [-0.1, -0.05) is 19.9 Å². The summed E-state index contributed by atoms with van der Waals surface area (Å²) in [6.07, 6.45) is -0.761. The van der Waals surface area contributed by atoms with Gasteiger partial charge in [0.25, 0.3) is 0 Å². The second-order valence-corrected chi connectivity index (χ2v) is 4.15. The van der Waals surface area contributed by atoms with E-state index in [1.165, 1.54) is 13.2 Å². The average Bonchev–Trinajstić information content (AvgIpc) is 2.26. The van der Waals surface area contributed by atoms with Gasteiger partial charge >= 0.3 is 0 Å². The van der Waals surface area contributed by atoms with Crippen molar-refractivity contribution in [2.45, 2.75) is 26.0 Å². The van der Waals surface area contributed by atoms with Gasteiger partial charge in [0.1, 0.15) is 11.6 Å². The Balaban J connectivity index is 2.96.